The van der Waals surface area contributed by atoms with Gasteiger partial charge >= 0.3 is 0 Å². The summed E-state index contributed by atoms with van der Waals surface area (Å²) in [5.74, 6) is 3.37. The number of carboxylic acid groups (broad SMARTS) is 1. The van der Waals surface area contributed by atoms with E-state index in [0.717, 1.165) is 10.5 Å². The topological polar surface area (TPSA) is 133 Å². The van der Waals surface area contributed by atoms with Crippen LogP contribution in [0.1, 0.15) is 23.2 Å². The molecule has 1 saturated heterocycles. The van der Waals surface area contributed by atoms with Crippen molar-refractivity contribution in [2.24, 2.45) is 5.84 Å². The zero-order valence-electron chi connectivity index (χ0n) is 9.41. The molecule has 1 aliphatic heterocycles. The number of imide groups is 1. The molecule has 2 heterocycles. The SMILES string of the molecule is N[NH2+]N1C(=O)CCC1=O.O=C([O-])c1cccnc1. The molecule has 96 valence electrons. The quantitative estimate of drug-likeness (QED) is 0.248. The van der Waals surface area contributed by atoms with Crippen LogP contribution in [0.25, 0.3) is 0 Å². The van der Waals surface area contributed by atoms with Gasteiger partial charge in [-0.25, -0.2) is 0 Å². The van der Waals surface area contributed by atoms with Gasteiger partial charge in [0.15, 0.2) is 0 Å². The first kappa shape index (κ1) is 13.7. The number of amides is 2. The summed E-state index contributed by atoms with van der Waals surface area (Å²) in [4.78, 5) is 34.9. The molecule has 18 heavy (non-hydrogen) atoms. The van der Waals surface area contributed by atoms with Crippen LogP contribution in [-0.4, -0.2) is 27.8 Å². The summed E-state index contributed by atoms with van der Waals surface area (Å²) in [5.41, 5.74) is 1.12. The minimum absolute atomic E-state index is 0.109. The summed E-state index contributed by atoms with van der Waals surface area (Å²) in [6, 6.07) is 2.98. The van der Waals surface area contributed by atoms with Crippen molar-refractivity contribution in [3.63, 3.8) is 0 Å². The van der Waals surface area contributed by atoms with Gasteiger partial charge < -0.3 is 9.90 Å². The Morgan fingerprint density at radius 2 is 2.00 bits per heavy atom. The standard InChI is InChI=1S/C6H5NO2.C4H7N3O2/c8-6(9)5-2-1-3-7-4-5;5-6-7-3(8)1-2-4(7)9/h1-4H,(H,8,9);6H,1-2,5H2. The molecule has 0 aromatic carbocycles. The molecule has 2 amide bonds. The predicted octanol–water partition coefficient (Wildman–Crippen LogP) is -3.07. The number of carbonyl (C=O) groups excluding carboxylic acids is 3. The number of pyridine rings is 1. The summed E-state index contributed by atoms with van der Waals surface area (Å²) in [6.07, 6.45) is 3.35. The largest absolute Gasteiger partial charge is 0.545 e. The van der Waals surface area contributed by atoms with E-state index in [2.05, 4.69) is 4.98 Å². The number of nitrogens with zero attached hydrogens (tertiary/aromatic N) is 2. The van der Waals surface area contributed by atoms with E-state index < -0.39 is 5.97 Å². The third-order valence-corrected chi connectivity index (χ3v) is 2.14. The Labute approximate surface area is 102 Å². The van der Waals surface area contributed by atoms with Crippen LogP contribution in [0.2, 0.25) is 0 Å². The van der Waals surface area contributed by atoms with Crippen LogP contribution in [-0.2, 0) is 9.59 Å². The maximum Gasteiger partial charge on any atom is 0.278 e. The van der Waals surface area contributed by atoms with Crippen molar-refractivity contribution in [3.8, 4) is 0 Å². The fourth-order valence-corrected chi connectivity index (χ4v) is 1.24. The summed E-state index contributed by atoms with van der Waals surface area (Å²) in [7, 11) is 0. The molecule has 1 aliphatic rings. The van der Waals surface area contributed by atoms with Gasteiger partial charge in [-0.15, -0.1) is 5.01 Å². The first-order chi connectivity index (χ1) is 8.56. The highest BCUT2D eigenvalue weighted by Gasteiger charge is 2.31. The van der Waals surface area contributed by atoms with Gasteiger partial charge in [-0.1, -0.05) is 6.07 Å². The summed E-state index contributed by atoms with van der Waals surface area (Å²) in [5, 5.41) is 11.0. The maximum absolute atomic E-state index is 10.6. The second kappa shape index (κ2) is 6.42. The zero-order chi connectivity index (χ0) is 13.5. The molecule has 0 aliphatic carbocycles. The molecule has 2 rings (SSSR count). The molecular weight excluding hydrogens is 240 g/mol. The van der Waals surface area contributed by atoms with Crippen molar-refractivity contribution in [2.75, 3.05) is 0 Å². The minimum Gasteiger partial charge on any atom is -0.545 e. The smallest absolute Gasteiger partial charge is 0.278 e. The number of aromatic carboxylic acids is 1. The molecule has 1 aromatic heterocycles. The number of carboxylic acids is 1. The van der Waals surface area contributed by atoms with Crippen molar-refractivity contribution in [1.29, 1.82) is 0 Å². The van der Waals surface area contributed by atoms with Gasteiger partial charge in [0, 0.05) is 30.8 Å². The highest BCUT2D eigenvalue weighted by Crippen LogP contribution is 2.04. The third kappa shape index (κ3) is 3.61. The molecule has 1 aromatic rings. The van der Waals surface area contributed by atoms with E-state index in [1.165, 1.54) is 18.5 Å². The van der Waals surface area contributed by atoms with E-state index in [1.54, 1.807) is 6.07 Å². The normalized spacial score (nSPS) is 14.2. The van der Waals surface area contributed by atoms with E-state index in [9.17, 15) is 19.5 Å². The molecule has 0 bridgehead atoms. The van der Waals surface area contributed by atoms with Crippen molar-refractivity contribution in [3.05, 3.63) is 30.1 Å². The monoisotopic (exact) mass is 252 g/mol. The summed E-state index contributed by atoms with van der Waals surface area (Å²) >= 11 is 0. The molecule has 0 spiro atoms. The first-order valence-corrected chi connectivity index (χ1v) is 5.07. The van der Waals surface area contributed by atoms with E-state index in [4.69, 9.17) is 5.84 Å². The molecule has 0 unspecified atom stereocenters. The summed E-state index contributed by atoms with van der Waals surface area (Å²) < 4.78 is 0. The molecule has 0 saturated carbocycles. The Hall–Kier alpha value is -2.32. The van der Waals surface area contributed by atoms with Crippen LogP contribution in [0.4, 0.5) is 0 Å². The fraction of sp³-hybridized carbons (Fsp3) is 0.200. The van der Waals surface area contributed by atoms with Crippen LogP contribution in [0.3, 0.4) is 0 Å². The maximum atomic E-state index is 10.6. The lowest BCUT2D eigenvalue weighted by Gasteiger charge is -2.03. The van der Waals surface area contributed by atoms with Crippen LogP contribution < -0.4 is 16.5 Å². The molecule has 0 radical (unpaired) electrons. The molecule has 4 N–H and O–H groups in total. The lowest BCUT2D eigenvalue weighted by Crippen LogP contribution is -3.00. The van der Waals surface area contributed by atoms with Crippen molar-refractivity contribution in [1.82, 2.24) is 9.99 Å². The molecule has 0 atom stereocenters. The lowest BCUT2D eigenvalue weighted by atomic mass is 10.3. The number of hydrogen-bond donors (Lipinski definition) is 2. The summed E-state index contributed by atoms with van der Waals surface area (Å²) in [6.45, 7) is 0. The Morgan fingerprint density at radius 3 is 2.28 bits per heavy atom. The van der Waals surface area contributed by atoms with E-state index in [1.807, 2.05) is 0 Å². The van der Waals surface area contributed by atoms with Crippen molar-refractivity contribution < 1.29 is 25.0 Å². The van der Waals surface area contributed by atoms with Crippen LogP contribution in [0, 0.1) is 0 Å². The highest BCUT2D eigenvalue weighted by molar-refractivity contribution is 6.00. The first-order valence-electron chi connectivity index (χ1n) is 5.07. The number of quaternary nitrogens is 1. The van der Waals surface area contributed by atoms with Gasteiger partial charge in [0.1, 0.15) is 0 Å². The number of rotatable bonds is 2. The van der Waals surface area contributed by atoms with E-state index >= 15 is 0 Å². The van der Waals surface area contributed by atoms with E-state index in [-0.39, 0.29) is 17.4 Å². The Bertz CT molecular complexity index is 432. The number of nitrogens with two attached hydrogens (primary N) is 2. The van der Waals surface area contributed by atoms with Gasteiger partial charge in [0.25, 0.3) is 11.8 Å². The van der Waals surface area contributed by atoms with Crippen LogP contribution >= 0.6 is 0 Å². The molecule has 8 nitrogen and oxygen atoms in total. The number of carbonyl (C=O) groups is 3. The molecular formula is C10H12N4O4. The van der Waals surface area contributed by atoms with Gasteiger partial charge in [-0.05, 0) is 6.07 Å². The molecule has 8 heteroatoms. The van der Waals surface area contributed by atoms with Crippen molar-refractivity contribution >= 4 is 17.8 Å². The Kier molecular flexibility index (Phi) is 4.90. The predicted molar refractivity (Wildman–Crippen MR) is 55.8 cm³/mol. The third-order valence-electron chi connectivity index (χ3n) is 2.14. The van der Waals surface area contributed by atoms with Crippen LogP contribution in [0.5, 0.6) is 0 Å². The fourth-order valence-electron chi connectivity index (χ4n) is 1.24. The Morgan fingerprint density at radius 1 is 1.39 bits per heavy atom. The number of aromatic nitrogens is 1. The van der Waals surface area contributed by atoms with Gasteiger partial charge in [-0.2, -0.15) is 11.4 Å². The molecule has 1 fully saturated rings. The average Bonchev–Trinajstić information content (AvgIpc) is 2.70. The average molecular weight is 252 g/mol. The second-order valence-corrected chi connectivity index (χ2v) is 3.34. The second-order valence-electron chi connectivity index (χ2n) is 3.34. The van der Waals surface area contributed by atoms with Crippen LogP contribution in [0.15, 0.2) is 24.5 Å². The van der Waals surface area contributed by atoms with E-state index in [0.29, 0.717) is 12.8 Å². The van der Waals surface area contributed by atoms with Gasteiger partial charge in [0.2, 0.25) is 0 Å². The van der Waals surface area contributed by atoms with Gasteiger partial charge in [0.05, 0.1) is 5.97 Å². The lowest BCUT2D eigenvalue weighted by molar-refractivity contribution is -0.780. The number of hydrogen-bond acceptors (Lipinski definition) is 6. The van der Waals surface area contributed by atoms with Gasteiger partial charge in [-0.3, -0.25) is 14.6 Å². The Balaban J connectivity index is 0.000000180. The zero-order valence-corrected chi connectivity index (χ0v) is 9.41. The minimum atomic E-state index is -1.19. The van der Waals surface area contributed by atoms with Crippen molar-refractivity contribution in [2.45, 2.75) is 12.8 Å². The highest BCUT2D eigenvalue weighted by atomic mass is 16.4.